The second-order valence-corrected chi connectivity index (χ2v) is 15.2. The fourth-order valence-corrected chi connectivity index (χ4v) is 9.10. The Morgan fingerprint density at radius 3 is 1.36 bits per heavy atom. The number of rotatable bonds is 6. The molecule has 0 saturated carbocycles. The van der Waals surface area contributed by atoms with Crippen LogP contribution in [0.4, 0.5) is 17.1 Å². The summed E-state index contributed by atoms with van der Waals surface area (Å²) in [6.45, 7) is 0. The van der Waals surface area contributed by atoms with Crippen molar-refractivity contribution >= 4 is 82.5 Å². The van der Waals surface area contributed by atoms with E-state index in [9.17, 15) is 0 Å². The van der Waals surface area contributed by atoms with Gasteiger partial charge in [0.25, 0.3) is 0 Å². The maximum atomic E-state index is 6.54. The lowest BCUT2D eigenvalue weighted by atomic mass is 9.97. The lowest BCUT2D eigenvalue weighted by Crippen LogP contribution is -2.09. The lowest BCUT2D eigenvalue weighted by Gasteiger charge is -2.26. The van der Waals surface area contributed by atoms with Crippen molar-refractivity contribution in [3.63, 3.8) is 0 Å². The molecule has 0 aliphatic heterocycles. The highest BCUT2D eigenvalue weighted by Crippen LogP contribution is 2.43. The number of benzene rings is 10. The number of hydrogen-bond acceptors (Lipinski definition) is 3. The van der Waals surface area contributed by atoms with Crippen LogP contribution >= 0.6 is 0 Å². The molecule has 12 rings (SSSR count). The van der Waals surface area contributed by atoms with Gasteiger partial charge >= 0.3 is 0 Å². The minimum absolute atomic E-state index is 0.894. The third-order valence-electron chi connectivity index (χ3n) is 11.9. The maximum Gasteiger partial charge on any atom is 0.143 e. The molecule has 2 aromatic heterocycles. The smallest absolute Gasteiger partial charge is 0.143 e. The van der Waals surface area contributed by atoms with Crippen molar-refractivity contribution in [2.24, 2.45) is 0 Å². The highest BCUT2D eigenvalue weighted by Gasteiger charge is 2.18. The van der Waals surface area contributed by atoms with Crippen molar-refractivity contribution in [1.29, 1.82) is 0 Å². The molecule has 0 fully saturated rings. The van der Waals surface area contributed by atoms with E-state index in [1.165, 1.54) is 27.3 Å². The molecule has 0 amide bonds. The van der Waals surface area contributed by atoms with Crippen molar-refractivity contribution in [2.45, 2.75) is 0 Å². The van der Waals surface area contributed by atoms with Gasteiger partial charge in [-0.15, -0.1) is 0 Å². The summed E-state index contributed by atoms with van der Waals surface area (Å²) in [7, 11) is 0. The van der Waals surface area contributed by atoms with Crippen LogP contribution in [-0.2, 0) is 0 Å². The normalized spacial score (nSPS) is 11.7. The molecular formula is C56H35NO2. The maximum absolute atomic E-state index is 6.54. The SMILES string of the molecule is c1ccc2c(-c3ccc(N(c4ccc(-c5cccc6oc7ccccc7c56)cc4)c4ccc(-c5cccc6oc7c8ccccc8ccc7c56)cc4)cc3)cccc2c1. The fourth-order valence-electron chi connectivity index (χ4n) is 9.10. The standard InChI is InChI=1S/C56H35NO2/c1-3-13-44-36(10-1)12-7-16-45(44)38-22-29-41(30-23-38)57(42-31-24-39(25-32-42)46-17-8-20-52-54(46)49-15-5-6-19-51(49)58-52)43-33-26-40(27-34-43)47-18-9-21-53-55(47)50-35-28-37-11-2-4-14-48(37)56(50)59-53/h1-35H. The molecule has 0 atom stereocenters. The van der Waals surface area contributed by atoms with Crippen molar-refractivity contribution in [2.75, 3.05) is 4.90 Å². The van der Waals surface area contributed by atoms with Crippen molar-refractivity contribution in [3.8, 4) is 33.4 Å². The molecule has 2 heterocycles. The van der Waals surface area contributed by atoms with Crippen LogP contribution in [0, 0.1) is 0 Å². The Labute approximate surface area is 340 Å². The number of hydrogen-bond donors (Lipinski definition) is 0. The van der Waals surface area contributed by atoms with Gasteiger partial charge in [0.05, 0.1) is 0 Å². The Kier molecular flexibility index (Phi) is 7.54. The second-order valence-electron chi connectivity index (χ2n) is 15.2. The molecule has 10 aromatic carbocycles. The highest BCUT2D eigenvalue weighted by atomic mass is 16.3. The molecule has 12 aromatic rings. The van der Waals surface area contributed by atoms with Crippen LogP contribution in [0.5, 0.6) is 0 Å². The minimum atomic E-state index is 0.894. The zero-order valence-corrected chi connectivity index (χ0v) is 32.0. The van der Waals surface area contributed by atoms with E-state index in [-0.39, 0.29) is 0 Å². The molecule has 0 unspecified atom stereocenters. The Bertz CT molecular complexity index is 3530. The molecule has 0 spiro atoms. The van der Waals surface area contributed by atoms with Gasteiger partial charge in [0.2, 0.25) is 0 Å². The van der Waals surface area contributed by atoms with E-state index >= 15 is 0 Å². The molecule has 3 nitrogen and oxygen atoms in total. The summed E-state index contributed by atoms with van der Waals surface area (Å²) in [5.41, 5.74) is 13.8. The van der Waals surface area contributed by atoms with Crippen LogP contribution in [0.3, 0.4) is 0 Å². The van der Waals surface area contributed by atoms with Gasteiger partial charge in [-0.1, -0.05) is 152 Å². The van der Waals surface area contributed by atoms with Crippen LogP contribution in [-0.4, -0.2) is 0 Å². The number of anilines is 3. The number of furan rings is 2. The van der Waals surface area contributed by atoms with Crippen molar-refractivity contribution in [1.82, 2.24) is 0 Å². The van der Waals surface area contributed by atoms with Crippen LogP contribution in [0.1, 0.15) is 0 Å². The minimum Gasteiger partial charge on any atom is -0.456 e. The molecule has 0 aliphatic rings. The summed E-state index contributed by atoms with van der Waals surface area (Å²) in [5.74, 6) is 0. The van der Waals surface area contributed by atoms with Crippen LogP contribution in [0.2, 0.25) is 0 Å². The van der Waals surface area contributed by atoms with Crippen LogP contribution in [0.25, 0.3) is 98.8 Å². The molecule has 0 aliphatic carbocycles. The number of fused-ring (bicyclic) bond motifs is 9. The van der Waals surface area contributed by atoms with Crippen LogP contribution < -0.4 is 4.90 Å². The van der Waals surface area contributed by atoms with Gasteiger partial charge in [-0.3, -0.25) is 0 Å². The molecule has 0 saturated heterocycles. The van der Waals surface area contributed by atoms with E-state index in [0.29, 0.717) is 0 Å². The average molecular weight is 754 g/mol. The van der Waals surface area contributed by atoms with E-state index in [1.54, 1.807) is 0 Å². The zero-order valence-electron chi connectivity index (χ0n) is 32.0. The Hall–Kier alpha value is -7.88. The summed E-state index contributed by atoms with van der Waals surface area (Å²) in [4.78, 5) is 2.34. The summed E-state index contributed by atoms with van der Waals surface area (Å²) < 4.78 is 12.8. The van der Waals surface area contributed by atoms with Gasteiger partial charge in [0.1, 0.15) is 22.3 Å². The topological polar surface area (TPSA) is 29.5 Å². The lowest BCUT2D eigenvalue weighted by molar-refractivity contribution is 0.669. The second kappa shape index (κ2) is 13.4. The molecule has 59 heavy (non-hydrogen) atoms. The molecule has 0 bridgehead atoms. The summed E-state index contributed by atoms with van der Waals surface area (Å²) in [5, 5.41) is 9.33. The predicted molar refractivity (Wildman–Crippen MR) is 247 cm³/mol. The molecular weight excluding hydrogens is 719 g/mol. The van der Waals surface area contributed by atoms with Gasteiger partial charge in [-0.25, -0.2) is 0 Å². The van der Waals surface area contributed by atoms with E-state index in [2.05, 4.69) is 205 Å². The third-order valence-corrected chi connectivity index (χ3v) is 11.9. The summed E-state index contributed by atoms with van der Waals surface area (Å²) in [6.07, 6.45) is 0. The molecule has 0 radical (unpaired) electrons. The largest absolute Gasteiger partial charge is 0.456 e. The Balaban J connectivity index is 0.968. The van der Waals surface area contributed by atoms with E-state index in [1.807, 2.05) is 12.1 Å². The molecule has 276 valence electrons. The quantitative estimate of drug-likeness (QED) is 0.169. The van der Waals surface area contributed by atoms with E-state index < -0.39 is 0 Å². The predicted octanol–water partition coefficient (Wildman–Crippen LogP) is 16.3. The van der Waals surface area contributed by atoms with E-state index in [4.69, 9.17) is 8.83 Å². The zero-order chi connectivity index (χ0) is 38.9. The Morgan fingerprint density at radius 2 is 0.712 bits per heavy atom. The first-order valence-electron chi connectivity index (χ1n) is 20.1. The monoisotopic (exact) mass is 753 g/mol. The summed E-state index contributed by atoms with van der Waals surface area (Å²) >= 11 is 0. The highest BCUT2D eigenvalue weighted by molar-refractivity contribution is 6.19. The first-order chi connectivity index (χ1) is 29.2. The molecule has 3 heteroatoms. The van der Waals surface area contributed by atoms with Gasteiger partial charge < -0.3 is 13.7 Å². The average Bonchev–Trinajstić information content (AvgIpc) is 3.89. The Morgan fingerprint density at radius 1 is 0.271 bits per heavy atom. The van der Waals surface area contributed by atoms with Gasteiger partial charge in [-0.05, 0) is 110 Å². The van der Waals surface area contributed by atoms with Crippen molar-refractivity contribution < 1.29 is 8.83 Å². The first kappa shape index (κ1) is 33.3. The molecule has 0 N–H and O–H groups in total. The van der Waals surface area contributed by atoms with Crippen molar-refractivity contribution in [3.05, 3.63) is 212 Å². The van der Waals surface area contributed by atoms with Gasteiger partial charge in [-0.2, -0.15) is 0 Å². The first-order valence-corrected chi connectivity index (χ1v) is 20.1. The number of para-hydroxylation sites is 1. The number of nitrogens with zero attached hydrogens (tertiary/aromatic N) is 1. The van der Waals surface area contributed by atoms with Gasteiger partial charge in [0.15, 0.2) is 0 Å². The fraction of sp³-hybridized carbons (Fsp3) is 0. The van der Waals surface area contributed by atoms with Crippen LogP contribution in [0.15, 0.2) is 221 Å². The van der Waals surface area contributed by atoms with Gasteiger partial charge in [0, 0.05) is 44.0 Å². The van der Waals surface area contributed by atoms with E-state index in [0.717, 1.165) is 88.6 Å². The third kappa shape index (κ3) is 5.44. The summed E-state index contributed by atoms with van der Waals surface area (Å²) in [6, 6.07) is 75.7.